The van der Waals surface area contributed by atoms with Gasteiger partial charge in [0.25, 0.3) is 5.91 Å². The van der Waals surface area contributed by atoms with Crippen LogP contribution < -0.4 is 11.1 Å². The minimum atomic E-state index is -0.586. The summed E-state index contributed by atoms with van der Waals surface area (Å²) < 4.78 is 14.3. The molecule has 0 spiro atoms. The molecule has 3 aromatic rings. The number of nitrogens with one attached hydrogen (secondary N) is 1. The van der Waals surface area contributed by atoms with Crippen molar-refractivity contribution < 1.29 is 9.18 Å². The molecule has 1 aromatic carbocycles. The molecular weight excluding hydrogens is 321 g/mol. The molecule has 6 nitrogen and oxygen atoms in total. The zero-order valence-corrected chi connectivity index (χ0v) is 14.0. The number of hydrogen-bond acceptors (Lipinski definition) is 5. The third kappa shape index (κ3) is 3.13. The number of nitrogens with zero attached hydrogens (tertiary/aromatic N) is 3. The first kappa shape index (κ1) is 16.8. The van der Waals surface area contributed by atoms with Crippen molar-refractivity contribution in [2.75, 3.05) is 12.3 Å². The Kier molecular flexibility index (Phi) is 4.56. The maximum absolute atomic E-state index is 14.3. The van der Waals surface area contributed by atoms with Gasteiger partial charge in [-0.25, -0.2) is 4.98 Å². The molecule has 0 unspecified atom stereocenters. The van der Waals surface area contributed by atoms with Gasteiger partial charge in [0.1, 0.15) is 5.52 Å². The summed E-state index contributed by atoms with van der Waals surface area (Å²) in [7, 11) is 0. The number of nitrogen functional groups attached to an aromatic ring is 1. The number of benzene rings is 1. The normalized spacial score (nSPS) is 10.8. The van der Waals surface area contributed by atoms with E-state index in [1.54, 1.807) is 37.3 Å². The zero-order valence-electron chi connectivity index (χ0n) is 14.0. The van der Waals surface area contributed by atoms with Gasteiger partial charge < -0.3 is 11.1 Å². The summed E-state index contributed by atoms with van der Waals surface area (Å²) in [5.41, 5.74) is 8.28. The number of carbonyl (C=O) groups excluding carboxylic acids is 1. The first-order chi connectivity index (χ1) is 12.0. The summed E-state index contributed by atoms with van der Waals surface area (Å²) in [5, 5.41) is 11.4. The van der Waals surface area contributed by atoms with Crippen molar-refractivity contribution in [3.8, 4) is 11.1 Å². The van der Waals surface area contributed by atoms with Crippen LogP contribution in [0.1, 0.15) is 29.5 Å². The van der Waals surface area contributed by atoms with Crippen LogP contribution in [0.15, 0.2) is 30.3 Å². The Labute approximate surface area is 144 Å². The molecule has 0 radical (unpaired) electrons. The molecule has 3 rings (SSSR count). The lowest BCUT2D eigenvalue weighted by Crippen LogP contribution is -2.26. The van der Waals surface area contributed by atoms with Crippen LogP contribution in [-0.2, 0) is 0 Å². The highest BCUT2D eigenvalue weighted by Gasteiger charge is 2.18. The van der Waals surface area contributed by atoms with Gasteiger partial charge in [-0.3, -0.25) is 4.79 Å². The molecule has 3 N–H and O–H groups in total. The highest BCUT2D eigenvalue weighted by atomic mass is 19.1. The summed E-state index contributed by atoms with van der Waals surface area (Å²) in [6, 6.07) is 8.57. The second-order valence-electron chi connectivity index (χ2n) is 5.71. The van der Waals surface area contributed by atoms with E-state index in [-0.39, 0.29) is 17.3 Å². The maximum Gasteiger partial charge on any atom is 0.273 e. The molecule has 2 heterocycles. The molecule has 0 atom stereocenters. The number of anilines is 1. The molecule has 2 aromatic heterocycles. The van der Waals surface area contributed by atoms with E-state index in [0.29, 0.717) is 34.3 Å². The van der Waals surface area contributed by atoms with Gasteiger partial charge >= 0.3 is 0 Å². The Morgan fingerprint density at radius 3 is 2.72 bits per heavy atom. The lowest BCUT2D eigenvalue weighted by molar-refractivity contribution is 0.0949. The summed E-state index contributed by atoms with van der Waals surface area (Å²) in [5.74, 6) is -0.958. The predicted octanol–water partition coefficient (Wildman–Crippen LogP) is 2.86. The average molecular weight is 339 g/mol. The largest absolute Gasteiger partial charge is 0.396 e. The van der Waals surface area contributed by atoms with E-state index < -0.39 is 5.95 Å². The van der Waals surface area contributed by atoms with E-state index >= 15 is 0 Å². The molecule has 7 heteroatoms. The number of amides is 1. The Hall–Kier alpha value is -3.09. The number of aromatic nitrogens is 3. The van der Waals surface area contributed by atoms with Gasteiger partial charge in [0.15, 0.2) is 5.69 Å². The highest BCUT2D eigenvalue weighted by Crippen LogP contribution is 2.31. The molecule has 0 fully saturated rings. The molecule has 0 aliphatic heterocycles. The molecule has 0 aliphatic rings. The molecule has 0 saturated carbocycles. The van der Waals surface area contributed by atoms with Crippen LogP contribution in [0.25, 0.3) is 22.0 Å². The molecule has 0 bridgehead atoms. The van der Waals surface area contributed by atoms with Crippen molar-refractivity contribution in [2.24, 2.45) is 0 Å². The number of pyridine rings is 1. The lowest BCUT2D eigenvalue weighted by atomic mass is 10.0. The number of hydrogen-bond donors (Lipinski definition) is 2. The summed E-state index contributed by atoms with van der Waals surface area (Å²) >= 11 is 0. The molecular formula is C18H18FN5O. The average Bonchev–Trinajstić information content (AvgIpc) is 2.60. The molecule has 0 saturated heterocycles. The van der Waals surface area contributed by atoms with Gasteiger partial charge in [0.05, 0.1) is 5.69 Å². The van der Waals surface area contributed by atoms with Gasteiger partial charge in [0, 0.05) is 28.8 Å². The minimum absolute atomic E-state index is 0.0700. The maximum atomic E-state index is 14.3. The van der Waals surface area contributed by atoms with Crippen LogP contribution in [0.4, 0.5) is 10.1 Å². The van der Waals surface area contributed by atoms with E-state index in [0.717, 1.165) is 6.42 Å². The zero-order chi connectivity index (χ0) is 18.0. The van der Waals surface area contributed by atoms with Gasteiger partial charge in [-0.05, 0) is 25.5 Å². The summed E-state index contributed by atoms with van der Waals surface area (Å²) in [6.45, 7) is 4.19. The van der Waals surface area contributed by atoms with Crippen LogP contribution in [0.5, 0.6) is 0 Å². The SMILES string of the molecule is CCCNC(=O)c1nnc2c(-c3ccc(C)nc3F)cccc2c1N. The van der Waals surface area contributed by atoms with E-state index in [9.17, 15) is 9.18 Å². The van der Waals surface area contributed by atoms with Crippen LogP contribution in [-0.4, -0.2) is 27.6 Å². The standard InChI is InChI=1S/C18H18FN5O/c1-3-9-21-18(25)16-14(20)13-6-4-5-11(15(13)23-24-16)12-8-7-10(2)22-17(12)19/h4-8H,3,9H2,1-2H3,(H2,20,23)(H,21,25). The second kappa shape index (κ2) is 6.80. The van der Waals surface area contributed by atoms with E-state index in [1.807, 2.05) is 6.92 Å². The van der Waals surface area contributed by atoms with E-state index in [4.69, 9.17) is 5.73 Å². The third-order valence-corrected chi connectivity index (χ3v) is 3.86. The molecule has 25 heavy (non-hydrogen) atoms. The summed E-state index contributed by atoms with van der Waals surface area (Å²) in [6.07, 6.45) is 0.802. The summed E-state index contributed by atoms with van der Waals surface area (Å²) in [4.78, 5) is 16.0. The minimum Gasteiger partial charge on any atom is -0.396 e. The van der Waals surface area contributed by atoms with Gasteiger partial charge in [-0.1, -0.05) is 25.1 Å². The van der Waals surface area contributed by atoms with Crippen molar-refractivity contribution >= 4 is 22.5 Å². The number of rotatable bonds is 4. The monoisotopic (exact) mass is 339 g/mol. The fourth-order valence-corrected chi connectivity index (χ4v) is 2.58. The fraction of sp³-hybridized carbons (Fsp3) is 0.222. The van der Waals surface area contributed by atoms with Crippen LogP contribution in [0.3, 0.4) is 0 Å². The van der Waals surface area contributed by atoms with Crippen LogP contribution in [0, 0.1) is 12.9 Å². The Morgan fingerprint density at radius 1 is 1.20 bits per heavy atom. The van der Waals surface area contributed by atoms with Gasteiger partial charge in [-0.15, -0.1) is 10.2 Å². The van der Waals surface area contributed by atoms with Gasteiger partial charge in [0.2, 0.25) is 5.95 Å². The Balaban J connectivity index is 2.14. The smallest absolute Gasteiger partial charge is 0.273 e. The van der Waals surface area contributed by atoms with E-state index in [2.05, 4.69) is 20.5 Å². The van der Waals surface area contributed by atoms with Crippen molar-refractivity contribution in [3.05, 3.63) is 47.7 Å². The Bertz CT molecular complexity index is 958. The number of aryl methyl sites for hydroxylation is 1. The van der Waals surface area contributed by atoms with Crippen LogP contribution >= 0.6 is 0 Å². The van der Waals surface area contributed by atoms with Crippen molar-refractivity contribution in [3.63, 3.8) is 0 Å². The van der Waals surface area contributed by atoms with Crippen molar-refractivity contribution in [2.45, 2.75) is 20.3 Å². The first-order valence-corrected chi connectivity index (χ1v) is 7.99. The topological polar surface area (TPSA) is 93.8 Å². The highest BCUT2D eigenvalue weighted by molar-refractivity contribution is 6.07. The van der Waals surface area contributed by atoms with Crippen molar-refractivity contribution in [1.29, 1.82) is 0 Å². The lowest BCUT2D eigenvalue weighted by Gasteiger charge is -2.11. The van der Waals surface area contributed by atoms with Crippen molar-refractivity contribution in [1.82, 2.24) is 20.5 Å². The first-order valence-electron chi connectivity index (χ1n) is 7.99. The van der Waals surface area contributed by atoms with Crippen LogP contribution in [0.2, 0.25) is 0 Å². The molecule has 1 amide bonds. The quantitative estimate of drug-likeness (QED) is 0.713. The van der Waals surface area contributed by atoms with E-state index in [1.165, 1.54) is 0 Å². The molecule has 128 valence electrons. The van der Waals surface area contributed by atoms with Gasteiger partial charge in [-0.2, -0.15) is 4.39 Å². The number of fused-ring (bicyclic) bond motifs is 1. The fourth-order valence-electron chi connectivity index (χ4n) is 2.58. The Morgan fingerprint density at radius 2 is 2.00 bits per heavy atom. The second-order valence-corrected chi connectivity index (χ2v) is 5.71. The predicted molar refractivity (Wildman–Crippen MR) is 94.5 cm³/mol. The number of halogens is 1. The molecule has 0 aliphatic carbocycles. The third-order valence-electron chi connectivity index (χ3n) is 3.86. The number of carbonyl (C=O) groups is 1. The number of nitrogens with two attached hydrogens (primary N) is 1.